The Morgan fingerprint density at radius 1 is 1.33 bits per heavy atom. The fourth-order valence-electron chi connectivity index (χ4n) is 0.735. The van der Waals surface area contributed by atoms with Gasteiger partial charge in [-0.05, 0) is 12.1 Å². The van der Waals surface area contributed by atoms with Crippen LogP contribution in [0.5, 0.6) is 0 Å². The van der Waals surface area contributed by atoms with Crippen LogP contribution in [-0.2, 0) is 0 Å². The number of rotatable bonds is 2. The summed E-state index contributed by atoms with van der Waals surface area (Å²) in [5, 5.41) is 10.2. The van der Waals surface area contributed by atoms with Gasteiger partial charge in [-0.3, -0.25) is 20.6 Å². The van der Waals surface area contributed by atoms with Gasteiger partial charge in [0.1, 0.15) is 0 Å². The van der Waals surface area contributed by atoms with Crippen LogP contribution < -0.4 is 5.73 Å². The molecule has 0 bridgehead atoms. The summed E-state index contributed by atoms with van der Waals surface area (Å²) in [6.07, 6.45) is 0. The van der Waals surface area contributed by atoms with E-state index in [-0.39, 0.29) is 11.3 Å². The summed E-state index contributed by atoms with van der Waals surface area (Å²) in [6, 6.07) is 4.91. The van der Waals surface area contributed by atoms with E-state index in [1.54, 1.807) is 0 Å². The Morgan fingerprint density at radius 3 is 2.17 bits per heavy atom. The molecule has 0 aliphatic carbocycles. The first kappa shape index (κ1) is 8.19. The molecule has 0 heterocycles. The van der Waals surface area contributed by atoms with E-state index in [9.17, 15) is 14.9 Å². The van der Waals surface area contributed by atoms with E-state index >= 15 is 0 Å². The smallest absolute Gasteiger partial charge is 0.267 e. The number of benzene rings is 1. The summed E-state index contributed by atoms with van der Waals surface area (Å²) in [7, 11) is 0. The molecule has 1 N–H and O–H groups in total. The van der Waals surface area contributed by atoms with Gasteiger partial charge in [-0.1, -0.05) is 0 Å². The van der Waals surface area contributed by atoms with Crippen LogP contribution in [0.15, 0.2) is 24.3 Å². The number of carbonyl (C=O) groups is 1. The molecular formula is C7H5N2O3. The molecule has 1 aromatic carbocycles. The Kier molecular flexibility index (Phi) is 2.05. The van der Waals surface area contributed by atoms with Crippen molar-refractivity contribution in [2.75, 3.05) is 0 Å². The number of nitrogens with one attached hydrogen (secondary N) is 1. The molecule has 0 saturated heterocycles. The standard InChI is InChI=1S/C7H5N2O3/c8-7(10)5-1-3-6(4-2-5)9(11)12/h1-4,8H. The molecule has 61 valence electrons. The second-order valence-corrected chi connectivity index (χ2v) is 2.13. The van der Waals surface area contributed by atoms with Gasteiger partial charge >= 0.3 is 0 Å². The topological polar surface area (TPSA) is 84.0 Å². The first-order chi connectivity index (χ1) is 5.61. The molecular weight excluding hydrogens is 160 g/mol. The minimum Gasteiger partial charge on any atom is -0.267 e. The quantitative estimate of drug-likeness (QED) is 0.484. The van der Waals surface area contributed by atoms with E-state index in [2.05, 4.69) is 0 Å². The molecule has 1 radical (unpaired) electrons. The van der Waals surface area contributed by atoms with E-state index in [1.165, 1.54) is 24.3 Å². The average molecular weight is 165 g/mol. The van der Waals surface area contributed by atoms with Gasteiger partial charge in [0.05, 0.1) is 4.92 Å². The first-order valence-electron chi connectivity index (χ1n) is 3.11. The molecule has 1 rings (SSSR count). The summed E-state index contributed by atoms with van der Waals surface area (Å²) in [5.41, 5.74) is 6.76. The molecule has 0 spiro atoms. The number of nitro benzene ring substituents is 1. The number of amides is 1. The van der Waals surface area contributed by atoms with Crippen LogP contribution in [0.3, 0.4) is 0 Å². The third kappa shape index (κ3) is 1.57. The van der Waals surface area contributed by atoms with E-state index < -0.39 is 10.8 Å². The lowest BCUT2D eigenvalue weighted by atomic mass is 10.2. The molecule has 0 saturated carbocycles. The molecule has 0 unspecified atom stereocenters. The fraction of sp³-hybridized carbons (Fsp3) is 0. The number of hydrogen-bond acceptors (Lipinski definition) is 3. The van der Waals surface area contributed by atoms with Gasteiger partial charge in [0, 0.05) is 17.7 Å². The maximum Gasteiger partial charge on any atom is 0.269 e. The lowest BCUT2D eigenvalue weighted by Crippen LogP contribution is -1.98. The maximum absolute atomic E-state index is 10.4. The number of nitrogens with zero attached hydrogens (tertiary/aromatic N) is 1. The van der Waals surface area contributed by atoms with Crippen molar-refractivity contribution in [1.82, 2.24) is 5.73 Å². The highest BCUT2D eigenvalue weighted by Gasteiger charge is 2.06. The van der Waals surface area contributed by atoms with Crippen molar-refractivity contribution in [3.05, 3.63) is 39.9 Å². The second-order valence-electron chi connectivity index (χ2n) is 2.13. The molecule has 0 aliphatic heterocycles. The summed E-state index contributed by atoms with van der Waals surface area (Å²) in [4.78, 5) is 20.0. The molecule has 5 nitrogen and oxygen atoms in total. The molecule has 0 fully saturated rings. The lowest BCUT2D eigenvalue weighted by Gasteiger charge is -1.92. The number of carbonyl (C=O) groups excluding carboxylic acids is 1. The Hall–Kier alpha value is -1.91. The SMILES string of the molecule is [NH]C(=O)c1ccc([N+](=O)[O-])cc1. The maximum atomic E-state index is 10.4. The average Bonchev–Trinajstić information content (AvgIpc) is 2.04. The van der Waals surface area contributed by atoms with Gasteiger partial charge in [-0.2, -0.15) is 0 Å². The van der Waals surface area contributed by atoms with Crippen molar-refractivity contribution >= 4 is 11.6 Å². The van der Waals surface area contributed by atoms with Crippen molar-refractivity contribution in [3.63, 3.8) is 0 Å². The number of nitro groups is 1. The van der Waals surface area contributed by atoms with E-state index in [0.717, 1.165) is 0 Å². The predicted octanol–water partition coefficient (Wildman–Crippen LogP) is 1.02. The Balaban J connectivity index is 3.01. The minimum atomic E-state index is -0.843. The van der Waals surface area contributed by atoms with Crippen molar-refractivity contribution in [2.45, 2.75) is 0 Å². The van der Waals surface area contributed by atoms with Gasteiger partial charge < -0.3 is 0 Å². The van der Waals surface area contributed by atoms with E-state index in [1.807, 2.05) is 0 Å². The summed E-state index contributed by atoms with van der Waals surface area (Å²) in [6.45, 7) is 0. The van der Waals surface area contributed by atoms with Crippen molar-refractivity contribution < 1.29 is 9.72 Å². The number of hydrogen-bond donors (Lipinski definition) is 0. The highest BCUT2D eigenvalue weighted by Crippen LogP contribution is 2.11. The third-order valence-electron chi connectivity index (χ3n) is 1.34. The number of non-ortho nitro benzene ring substituents is 1. The Morgan fingerprint density at radius 2 is 1.83 bits per heavy atom. The normalized spacial score (nSPS) is 9.33. The molecule has 1 amide bonds. The van der Waals surface area contributed by atoms with Crippen LogP contribution in [0.25, 0.3) is 0 Å². The highest BCUT2D eigenvalue weighted by molar-refractivity contribution is 5.92. The molecule has 0 aliphatic rings. The third-order valence-corrected chi connectivity index (χ3v) is 1.34. The molecule has 0 aromatic heterocycles. The fourth-order valence-corrected chi connectivity index (χ4v) is 0.735. The van der Waals surface area contributed by atoms with Crippen LogP contribution in [0, 0.1) is 10.1 Å². The molecule has 1 aromatic rings. The van der Waals surface area contributed by atoms with Gasteiger partial charge in [0.15, 0.2) is 0 Å². The van der Waals surface area contributed by atoms with E-state index in [4.69, 9.17) is 5.73 Å². The zero-order valence-electron chi connectivity index (χ0n) is 5.98. The lowest BCUT2D eigenvalue weighted by molar-refractivity contribution is -0.384. The summed E-state index contributed by atoms with van der Waals surface area (Å²) < 4.78 is 0. The zero-order chi connectivity index (χ0) is 9.14. The van der Waals surface area contributed by atoms with Crippen LogP contribution in [0.4, 0.5) is 5.69 Å². The minimum absolute atomic E-state index is 0.0833. The van der Waals surface area contributed by atoms with Crippen molar-refractivity contribution in [1.29, 1.82) is 0 Å². The largest absolute Gasteiger partial charge is 0.269 e. The van der Waals surface area contributed by atoms with E-state index in [0.29, 0.717) is 0 Å². The monoisotopic (exact) mass is 165 g/mol. The van der Waals surface area contributed by atoms with Crippen LogP contribution in [-0.4, -0.2) is 10.8 Å². The van der Waals surface area contributed by atoms with Crippen LogP contribution in [0.1, 0.15) is 10.4 Å². The summed E-state index contributed by atoms with van der Waals surface area (Å²) >= 11 is 0. The van der Waals surface area contributed by atoms with Gasteiger partial charge in [-0.25, -0.2) is 0 Å². The summed E-state index contributed by atoms with van der Waals surface area (Å²) in [5.74, 6) is -0.843. The van der Waals surface area contributed by atoms with Gasteiger partial charge in [0.25, 0.3) is 11.6 Å². The molecule has 5 heteroatoms. The van der Waals surface area contributed by atoms with Gasteiger partial charge in [0.2, 0.25) is 0 Å². The predicted molar refractivity (Wildman–Crippen MR) is 40.5 cm³/mol. The zero-order valence-corrected chi connectivity index (χ0v) is 5.98. The molecule has 12 heavy (non-hydrogen) atoms. The Bertz CT molecular complexity index is 285. The Labute approximate surface area is 68.0 Å². The second kappa shape index (κ2) is 3.00. The van der Waals surface area contributed by atoms with Crippen LogP contribution >= 0.6 is 0 Å². The van der Waals surface area contributed by atoms with Crippen molar-refractivity contribution in [3.8, 4) is 0 Å². The highest BCUT2D eigenvalue weighted by atomic mass is 16.6. The van der Waals surface area contributed by atoms with Crippen molar-refractivity contribution in [2.24, 2.45) is 0 Å². The molecule has 0 atom stereocenters. The first-order valence-corrected chi connectivity index (χ1v) is 3.11. The van der Waals surface area contributed by atoms with Crippen LogP contribution in [0.2, 0.25) is 0 Å². The van der Waals surface area contributed by atoms with Gasteiger partial charge in [-0.15, -0.1) is 0 Å².